The average Bonchev–Trinajstić information content (AvgIpc) is 4.07. The van der Waals surface area contributed by atoms with Crippen LogP contribution in [0, 0.1) is 38.5 Å². The molecule has 10 rings (SSSR count). The van der Waals surface area contributed by atoms with Crippen LogP contribution in [0.2, 0.25) is 5.02 Å². The molecular weight excluding hydrogens is 1080 g/mol. The fourth-order valence-corrected chi connectivity index (χ4v) is 14.0. The van der Waals surface area contributed by atoms with E-state index in [9.17, 15) is 32.1 Å². The number of nitrogens with one attached hydrogen (secondary N) is 3. The summed E-state index contributed by atoms with van der Waals surface area (Å²) in [6.45, 7) is 15.2. The Balaban J connectivity index is 0.685. The minimum Gasteiger partial charge on any atom is -0.382 e. The number of thiophene rings is 1. The zero-order valence-electron chi connectivity index (χ0n) is 46.0. The highest BCUT2D eigenvalue weighted by Gasteiger charge is 2.42. The standard InChI is InChI=1S/C59H68ClF3N11O4PS/c1-38-39(2)80-57-54(38)58(4,42-12-14-43(60)15-13-42)66-50(55-68-67-40(3)74(55)57)20-21-52(75)70-29-22-41(23-30-70)56(77)72-33-31-71(32-34-72)53(76)36-69-27-24-45(25-28-69)65-49-10-7-11-51-48(49)35-46(73(51)37-59(61,62)63)9-8-26-64-44-16-18-47(19-17-44)79(5,6)78/h7,10-21,35,41,45,50,64-66H,22-34,36-37H2,1-6H3/b21-20+. The molecular formula is C59H68ClF3N11O4PS. The van der Waals surface area contributed by atoms with Crippen molar-refractivity contribution in [1.29, 1.82) is 0 Å². The monoisotopic (exact) mass is 1150 g/mol. The number of alkyl halides is 3. The molecule has 0 aliphatic carbocycles. The molecule has 422 valence electrons. The quantitative estimate of drug-likeness (QED) is 0.0615. The van der Waals surface area contributed by atoms with E-state index in [1.807, 2.05) is 65.3 Å². The molecule has 80 heavy (non-hydrogen) atoms. The van der Waals surface area contributed by atoms with Crippen molar-refractivity contribution in [2.75, 3.05) is 89.4 Å². The molecule has 4 aliphatic rings. The van der Waals surface area contributed by atoms with Gasteiger partial charge in [0.05, 0.1) is 35.9 Å². The van der Waals surface area contributed by atoms with Crippen molar-refractivity contribution in [3.05, 3.63) is 129 Å². The van der Waals surface area contributed by atoms with E-state index in [-0.39, 0.29) is 48.5 Å². The van der Waals surface area contributed by atoms with E-state index in [0.29, 0.717) is 86.9 Å². The first-order chi connectivity index (χ1) is 38.1. The number of carbonyl (C=O) groups is 3. The van der Waals surface area contributed by atoms with Gasteiger partial charge in [0.1, 0.15) is 24.5 Å². The first-order valence-corrected chi connectivity index (χ1v) is 31.1. The lowest BCUT2D eigenvalue weighted by atomic mass is 9.82. The number of hydrogen-bond donors (Lipinski definition) is 3. The largest absolute Gasteiger partial charge is 0.406 e. The number of benzene rings is 3. The SMILES string of the molecule is Cc1sc2c(c1C)C(C)(c1ccc(Cl)cc1)NC(/C=C/C(=O)N1CCC(C(=O)N3CCN(C(=O)CN4CCC(Nc5cccc6c5cc(C#CCNc5ccc(P(C)(C)=O)cc5)n6CC(F)(F)F)CC4)CC3)CC1)c1nnc(C)n1-2. The summed E-state index contributed by atoms with van der Waals surface area (Å²) in [5.41, 5.74) is 4.87. The molecule has 7 heterocycles. The van der Waals surface area contributed by atoms with Gasteiger partial charge in [-0.1, -0.05) is 41.8 Å². The van der Waals surface area contributed by atoms with E-state index in [1.165, 1.54) is 15.0 Å². The number of nitrogens with zero attached hydrogens (tertiary/aromatic N) is 8. The van der Waals surface area contributed by atoms with Crippen molar-refractivity contribution < 1.29 is 32.1 Å². The summed E-state index contributed by atoms with van der Waals surface area (Å²) >= 11 is 8.05. The summed E-state index contributed by atoms with van der Waals surface area (Å²) in [5, 5.41) is 22.8. The van der Waals surface area contributed by atoms with Crippen molar-refractivity contribution in [2.45, 2.75) is 83.7 Å². The van der Waals surface area contributed by atoms with Crippen LogP contribution < -0.4 is 21.3 Å². The Labute approximate surface area is 474 Å². The number of aryl methyl sites for hydroxylation is 2. The third kappa shape index (κ3) is 12.3. The summed E-state index contributed by atoms with van der Waals surface area (Å²) in [6.07, 6.45) is 1.63. The molecule has 3 aromatic carbocycles. The van der Waals surface area contributed by atoms with Crippen LogP contribution >= 0.6 is 30.1 Å². The van der Waals surface area contributed by atoms with Gasteiger partial charge in [-0.25, -0.2) is 0 Å². The highest BCUT2D eigenvalue weighted by molar-refractivity contribution is 7.70. The van der Waals surface area contributed by atoms with Crippen LogP contribution in [0.3, 0.4) is 0 Å². The molecule has 0 saturated carbocycles. The zero-order valence-corrected chi connectivity index (χ0v) is 48.5. The van der Waals surface area contributed by atoms with Crippen molar-refractivity contribution >= 4 is 75.4 Å². The van der Waals surface area contributed by atoms with Crippen molar-refractivity contribution in [1.82, 2.24) is 44.2 Å². The second-order valence-electron chi connectivity index (χ2n) is 22.0. The maximum atomic E-state index is 13.9. The van der Waals surface area contributed by atoms with Gasteiger partial charge in [-0.3, -0.25) is 29.2 Å². The number of hydrogen-bond acceptors (Lipinski definition) is 11. The number of rotatable bonds is 12. The Morgan fingerprint density at radius 1 is 0.887 bits per heavy atom. The lowest BCUT2D eigenvalue weighted by Crippen LogP contribution is -2.55. The highest BCUT2D eigenvalue weighted by Crippen LogP contribution is 2.46. The molecule has 4 aliphatic heterocycles. The predicted molar refractivity (Wildman–Crippen MR) is 311 cm³/mol. The van der Waals surface area contributed by atoms with Gasteiger partial charge in [0.15, 0.2) is 5.82 Å². The van der Waals surface area contributed by atoms with E-state index < -0.39 is 31.4 Å². The molecule has 0 radical (unpaired) electrons. The third-order valence-corrected chi connectivity index (χ3v) is 19.3. The summed E-state index contributed by atoms with van der Waals surface area (Å²) in [4.78, 5) is 50.2. The average molecular weight is 1150 g/mol. The van der Waals surface area contributed by atoms with Gasteiger partial charge in [0.25, 0.3) is 0 Å². The zero-order chi connectivity index (χ0) is 56.7. The molecule has 3 saturated heterocycles. The second kappa shape index (κ2) is 23.2. The molecule has 15 nitrogen and oxygen atoms in total. The Morgan fingerprint density at radius 2 is 1.57 bits per heavy atom. The van der Waals surface area contributed by atoms with Crippen LogP contribution in [-0.4, -0.2) is 148 Å². The molecule has 21 heteroatoms. The van der Waals surface area contributed by atoms with Crippen LogP contribution in [0.4, 0.5) is 24.5 Å². The topological polar surface area (TPSA) is 153 Å². The lowest BCUT2D eigenvalue weighted by molar-refractivity contribution is -0.144. The lowest BCUT2D eigenvalue weighted by Gasteiger charge is -2.39. The fourth-order valence-electron chi connectivity index (χ4n) is 11.7. The second-order valence-corrected chi connectivity index (χ2v) is 26.9. The number of carbonyl (C=O) groups excluding carboxylic acids is 3. The van der Waals surface area contributed by atoms with Gasteiger partial charge in [-0.2, -0.15) is 13.2 Å². The van der Waals surface area contributed by atoms with Gasteiger partial charge in [0.2, 0.25) is 17.7 Å². The summed E-state index contributed by atoms with van der Waals surface area (Å²) in [7, 11) is -2.40. The predicted octanol–water partition coefficient (Wildman–Crippen LogP) is 9.09. The number of likely N-dealkylation sites (tertiary alicyclic amines) is 2. The number of fused-ring (bicyclic) bond motifs is 4. The Kier molecular flexibility index (Phi) is 16.5. The summed E-state index contributed by atoms with van der Waals surface area (Å²) in [6, 6.07) is 21.7. The van der Waals surface area contributed by atoms with Crippen LogP contribution in [0.5, 0.6) is 0 Å². The molecule has 0 spiro atoms. The first kappa shape index (κ1) is 56.8. The number of anilines is 2. The van der Waals surface area contributed by atoms with E-state index in [2.05, 4.69) is 68.2 Å². The number of aromatic nitrogens is 4. The van der Waals surface area contributed by atoms with Crippen molar-refractivity contribution in [3.63, 3.8) is 0 Å². The molecule has 3 N–H and O–H groups in total. The van der Waals surface area contributed by atoms with Gasteiger partial charge in [-0.15, -0.1) is 21.5 Å². The summed E-state index contributed by atoms with van der Waals surface area (Å²) in [5.74, 6) is 7.15. The maximum Gasteiger partial charge on any atom is 0.406 e. The minimum atomic E-state index is -4.46. The van der Waals surface area contributed by atoms with Gasteiger partial charge in [0, 0.05) is 108 Å². The Hall–Kier alpha value is -6.42. The number of piperidine rings is 2. The van der Waals surface area contributed by atoms with Gasteiger partial charge < -0.3 is 34.5 Å². The third-order valence-electron chi connectivity index (χ3n) is 16.3. The highest BCUT2D eigenvalue weighted by atomic mass is 35.5. The molecule has 2 atom stereocenters. The normalized spacial score (nSPS) is 19.6. The summed E-state index contributed by atoms with van der Waals surface area (Å²) < 4.78 is 57.4. The van der Waals surface area contributed by atoms with Crippen LogP contribution in [0.25, 0.3) is 15.9 Å². The van der Waals surface area contributed by atoms with Crippen LogP contribution in [0.15, 0.2) is 84.9 Å². The van der Waals surface area contributed by atoms with E-state index in [0.717, 1.165) is 51.5 Å². The fraction of sp³-hybridized carbons (Fsp3) is 0.441. The molecule has 3 fully saturated rings. The molecule has 6 aromatic rings. The van der Waals surface area contributed by atoms with Crippen LogP contribution in [-0.2, 0) is 31.0 Å². The van der Waals surface area contributed by atoms with Crippen LogP contribution in [0.1, 0.15) is 77.6 Å². The van der Waals surface area contributed by atoms with E-state index in [4.69, 9.17) is 11.6 Å². The number of halogens is 4. The minimum absolute atomic E-state index is 0.0238. The molecule has 0 bridgehead atoms. The van der Waals surface area contributed by atoms with Gasteiger partial charge >= 0.3 is 6.18 Å². The molecule has 3 amide bonds. The van der Waals surface area contributed by atoms with E-state index in [1.54, 1.807) is 66.0 Å². The van der Waals surface area contributed by atoms with Gasteiger partial charge in [-0.05, 0) is 138 Å². The Morgan fingerprint density at radius 3 is 2.25 bits per heavy atom. The maximum absolute atomic E-state index is 13.9. The smallest absolute Gasteiger partial charge is 0.382 e. The molecule has 2 unspecified atom stereocenters. The van der Waals surface area contributed by atoms with E-state index >= 15 is 0 Å². The first-order valence-electron chi connectivity index (χ1n) is 27.3. The Bertz CT molecular complexity index is 3430. The van der Waals surface area contributed by atoms with Crippen molar-refractivity contribution in [3.8, 4) is 16.8 Å². The van der Waals surface area contributed by atoms with Crippen molar-refractivity contribution in [2.24, 2.45) is 5.92 Å². The number of amides is 3. The number of piperazine rings is 1. The molecule has 3 aromatic heterocycles.